The number of carbonyl (C=O) groups excluding carboxylic acids is 1. The van der Waals surface area contributed by atoms with Crippen molar-refractivity contribution in [2.75, 3.05) is 0 Å². The number of ketones is 1. The molecule has 1 nitrogen and oxygen atoms in total. The van der Waals surface area contributed by atoms with E-state index in [0.29, 0.717) is 15.6 Å². The highest BCUT2D eigenvalue weighted by Gasteiger charge is 2.21. The van der Waals surface area contributed by atoms with E-state index in [9.17, 15) is 4.79 Å². The van der Waals surface area contributed by atoms with Crippen LogP contribution in [0.4, 0.5) is 0 Å². The quantitative estimate of drug-likeness (QED) is 0.565. The van der Waals surface area contributed by atoms with Crippen LogP contribution in [0.15, 0.2) is 48.5 Å². The molecule has 18 heavy (non-hydrogen) atoms. The normalized spacial score (nSPS) is 12.2. The highest BCUT2D eigenvalue weighted by Crippen LogP contribution is 2.29. The van der Waals surface area contributed by atoms with Crippen molar-refractivity contribution in [1.82, 2.24) is 0 Å². The molecule has 0 amide bonds. The molecule has 0 saturated carbocycles. The minimum absolute atomic E-state index is 0.232. The summed E-state index contributed by atoms with van der Waals surface area (Å²) in [4.78, 5) is 12.2. The fourth-order valence-corrected chi connectivity index (χ4v) is 2.36. The summed E-state index contributed by atoms with van der Waals surface area (Å²) in [6.45, 7) is 0. The van der Waals surface area contributed by atoms with Gasteiger partial charge in [0, 0.05) is 10.6 Å². The van der Waals surface area contributed by atoms with E-state index in [2.05, 4.69) is 0 Å². The van der Waals surface area contributed by atoms with E-state index in [4.69, 9.17) is 34.8 Å². The molecule has 0 saturated heterocycles. The molecule has 2 aromatic carbocycles. The van der Waals surface area contributed by atoms with Gasteiger partial charge in [-0.05, 0) is 23.8 Å². The molecule has 0 fully saturated rings. The summed E-state index contributed by atoms with van der Waals surface area (Å²) >= 11 is 17.9. The maximum Gasteiger partial charge on any atom is 0.186 e. The molecule has 0 heterocycles. The number of hydrogen-bond donors (Lipinski definition) is 0. The van der Waals surface area contributed by atoms with Crippen LogP contribution in [0.2, 0.25) is 10.0 Å². The van der Waals surface area contributed by atoms with Crippen LogP contribution in [-0.4, -0.2) is 5.78 Å². The number of benzene rings is 2. The molecule has 0 unspecified atom stereocenters. The standard InChI is InChI=1S/C14H9Cl3O/c15-10-6-7-11(12(16)8-10)14(18)13(17)9-4-2-1-3-5-9/h1-8,13H/t13-/m1/s1. The van der Waals surface area contributed by atoms with E-state index in [1.807, 2.05) is 18.2 Å². The molecule has 2 aromatic rings. The monoisotopic (exact) mass is 298 g/mol. The van der Waals surface area contributed by atoms with Gasteiger partial charge >= 0.3 is 0 Å². The fraction of sp³-hybridized carbons (Fsp3) is 0.0714. The highest BCUT2D eigenvalue weighted by atomic mass is 35.5. The molecular formula is C14H9Cl3O. The first-order valence-corrected chi connectivity index (χ1v) is 6.47. The Morgan fingerprint density at radius 3 is 2.28 bits per heavy atom. The van der Waals surface area contributed by atoms with Gasteiger partial charge in [-0.2, -0.15) is 0 Å². The molecule has 0 aromatic heterocycles. The number of carbonyl (C=O) groups is 1. The number of hydrogen-bond acceptors (Lipinski definition) is 1. The zero-order valence-corrected chi connectivity index (χ0v) is 11.5. The first kappa shape index (κ1) is 13.4. The van der Waals surface area contributed by atoms with Gasteiger partial charge in [-0.25, -0.2) is 0 Å². The third-order valence-corrected chi connectivity index (χ3v) is 3.52. The predicted molar refractivity (Wildman–Crippen MR) is 75.8 cm³/mol. The second-order valence-electron chi connectivity index (χ2n) is 3.76. The Hall–Kier alpha value is -1.02. The van der Waals surface area contributed by atoms with Crippen molar-refractivity contribution in [3.63, 3.8) is 0 Å². The van der Waals surface area contributed by atoms with Crippen LogP contribution in [0.1, 0.15) is 21.3 Å². The largest absolute Gasteiger partial charge is 0.292 e. The van der Waals surface area contributed by atoms with Gasteiger partial charge in [-0.1, -0.05) is 53.5 Å². The van der Waals surface area contributed by atoms with Gasteiger partial charge in [0.1, 0.15) is 5.38 Å². The van der Waals surface area contributed by atoms with Crippen LogP contribution in [0.3, 0.4) is 0 Å². The lowest BCUT2D eigenvalue weighted by molar-refractivity contribution is 0.0987. The summed E-state index contributed by atoms with van der Waals surface area (Å²) in [5.41, 5.74) is 1.13. The lowest BCUT2D eigenvalue weighted by Gasteiger charge is -2.10. The summed E-state index contributed by atoms with van der Waals surface area (Å²) < 4.78 is 0. The van der Waals surface area contributed by atoms with Gasteiger partial charge in [0.25, 0.3) is 0 Å². The van der Waals surface area contributed by atoms with Crippen LogP contribution >= 0.6 is 34.8 Å². The van der Waals surface area contributed by atoms with Crippen molar-refractivity contribution < 1.29 is 4.79 Å². The third-order valence-electron chi connectivity index (χ3n) is 2.52. The molecule has 0 spiro atoms. The van der Waals surface area contributed by atoms with Gasteiger partial charge in [0.2, 0.25) is 0 Å². The molecule has 92 valence electrons. The third kappa shape index (κ3) is 2.86. The summed E-state index contributed by atoms with van der Waals surface area (Å²) in [6.07, 6.45) is 0. The molecule has 4 heteroatoms. The Bertz CT molecular complexity index is 567. The Balaban J connectivity index is 2.32. The Morgan fingerprint density at radius 2 is 1.67 bits per heavy atom. The number of alkyl halides is 1. The van der Waals surface area contributed by atoms with Crippen molar-refractivity contribution in [1.29, 1.82) is 0 Å². The van der Waals surface area contributed by atoms with Crippen LogP contribution in [0.25, 0.3) is 0 Å². The van der Waals surface area contributed by atoms with Gasteiger partial charge in [0.15, 0.2) is 5.78 Å². The molecule has 0 N–H and O–H groups in total. The first-order chi connectivity index (χ1) is 8.59. The van der Waals surface area contributed by atoms with Gasteiger partial charge in [0.05, 0.1) is 5.02 Å². The molecular weight excluding hydrogens is 291 g/mol. The zero-order chi connectivity index (χ0) is 13.1. The smallest absolute Gasteiger partial charge is 0.186 e. The van der Waals surface area contributed by atoms with E-state index < -0.39 is 5.38 Å². The average molecular weight is 300 g/mol. The second kappa shape index (κ2) is 5.75. The summed E-state index contributed by atoms with van der Waals surface area (Å²) in [6, 6.07) is 13.9. The van der Waals surface area contributed by atoms with Crippen molar-refractivity contribution in [2.45, 2.75) is 5.38 Å². The molecule has 0 aliphatic rings. The summed E-state index contributed by atoms with van der Waals surface area (Å²) in [5, 5.41) is 0.0568. The number of rotatable bonds is 3. The molecule has 0 radical (unpaired) electrons. The van der Waals surface area contributed by atoms with E-state index in [0.717, 1.165) is 5.56 Å². The number of Topliss-reactive ketones (excluding diaryl/α,β-unsaturated/α-hetero) is 1. The highest BCUT2D eigenvalue weighted by molar-refractivity contribution is 6.40. The lowest BCUT2D eigenvalue weighted by atomic mass is 10.0. The Morgan fingerprint density at radius 1 is 1.00 bits per heavy atom. The second-order valence-corrected chi connectivity index (χ2v) is 5.04. The molecule has 0 bridgehead atoms. The van der Waals surface area contributed by atoms with Crippen LogP contribution in [0.5, 0.6) is 0 Å². The zero-order valence-electron chi connectivity index (χ0n) is 9.24. The van der Waals surface area contributed by atoms with Crippen LogP contribution in [0, 0.1) is 0 Å². The first-order valence-electron chi connectivity index (χ1n) is 5.28. The van der Waals surface area contributed by atoms with E-state index in [-0.39, 0.29) is 5.78 Å². The van der Waals surface area contributed by atoms with E-state index in [1.165, 1.54) is 6.07 Å². The Kier molecular flexibility index (Phi) is 4.28. The van der Waals surface area contributed by atoms with Crippen molar-refractivity contribution >= 4 is 40.6 Å². The van der Waals surface area contributed by atoms with E-state index in [1.54, 1.807) is 24.3 Å². The predicted octanol–water partition coefficient (Wildman–Crippen LogP) is 5.16. The topological polar surface area (TPSA) is 17.1 Å². The maximum atomic E-state index is 12.2. The van der Waals surface area contributed by atoms with Crippen molar-refractivity contribution in [2.24, 2.45) is 0 Å². The SMILES string of the molecule is O=C(c1ccc(Cl)cc1Cl)[C@H](Cl)c1ccccc1. The van der Waals surface area contributed by atoms with Gasteiger partial charge < -0.3 is 0 Å². The molecule has 2 rings (SSSR count). The van der Waals surface area contributed by atoms with Crippen molar-refractivity contribution in [3.8, 4) is 0 Å². The maximum absolute atomic E-state index is 12.2. The summed E-state index contributed by atoms with van der Waals surface area (Å²) in [7, 11) is 0. The Labute approximate surface area is 120 Å². The van der Waals surface area contributed by atoms with Crippen LogP contribution in [-0.2, 0) is 0 Å². The molecule has 0 aliphatic carbocycles. The fourth-order valence-electron chi connectivity index (χ4n) is 1.60. The van der Waals surface area contributed by atoms with Gasteiger partial charge in [-0.15, -0.1) is 11.6 Å². The van der Waals surface area contributed by atoms with Crippen molar-refractivity contribution in [3.05, 3.63) is 69.7 Å². The minimum Gasteiger partial charge on any atom is -0.292 e. The average Bonchev–Trinajstić information content (AvgIpc) is 2.38. The van der Waals surface area contributed by atoms with Crippen LogP contribution < -0.4 is 0 Å². The van der Waals surface area contributed by atoms with E-state index >= 15 is 0 Å². The minimum atomic E-state index is -0.745. The lowest BCUT2D eigenvalue weighted by Crippen LogP contribution is -2.08. The summed E-state index contributed by atoms with van der Waals surface area (Å²) in [5.74, 6) is -0.232. The molecule has 1 atom stereocenters. The number of halogens is 3. The van der Waals surface area contributed by atoms with Gasteiger partial charge in [-0.3, -0.25) is 4.79 Å². The molecule has 0 aliphatic heterocycles.